The molecule has 1 heterocycles. The molecule has 0 fully saturated rings. The highest BCUT2D eigenvalue weighted by molar-refractivity contribution is 7.91. The second kappa shape index (κ2) is 8.77. The van der Waals surface area contributed by atoms with E-state index in [1.807, 2.05) is 13.0 Å². The summed E-state index contributed by atoms with van der Waals surface area (Å²) in [6, 6.07) is 13.9. The van der Waals surface area contributed by atoms with E-state index in [0.29, 0.717) is 10.9 Å². The molecule has 8 heteroatoms. The Morgan fingerprint density at radius 3 is 2.38 bits per heavy atom. The summed E-state index contributed by atoms with van der Waals surface area (Å²) >= 11 is 0. The number of nitrogens with one attached hydrogen (secondary N) is 1. The predicted octanol–water partition coefficient (Wildman–Crippen LogP) is 2.52. The molecule has 154 valence electrons. The first-order chi connectivity index (χ1) is 13.9. The molecule has 0 unspecified atom stereocenters. The van der Waals surface area contributed by atoms with Gasteiger partial charge < -0.3 is 19.4 Å². The molecule has 1 aromatic heterocycles. The Kier molecular flexibility index (Phi) is 6.36. The Labute approximate surface area is 170 Å². The molecule has 0 saturated carbocycles. The number of amides is 1. The number of nitrogens with zero attached hydrogens (tertiary/aromatic N) is 1. The van der Waals surface area contributed by atoms with Gasteiger partial charge in [0.1, 0.15) is 6.54 Å². The average molecular weight is 416 g/mol. The maximum Gasteiger partial charge on any atom is 0.240 e. The SMILES string of the molecule is COC(CNC(=O)Cn1cc(S(=O)(=O)c2ccc(C)cc2)c2ccccc21)OC. The van der Waals surface area contributed by atoms with Crippen molar-refractivity contribution in [2.45, 2.75) is 29.5 Å². The molecule has 2 aromatic carbocycles. The van der Waals surface area contributed by atoms with Crippen LogP contribution in [0.1, 0.15) is 5.56 Å². The summed E-state index contributed by atoms with van der Waals surface area (Å²) in [4.78, 5) is 12.8. The minimum Gasteiger partial charge on any atom is -0.354 e. The molecule has 29 heavy (non-hydrogen) atoms. The van der Waals surface area contributed by atoms with E-state index in [9.17, 15) is 13.2 Å². The van der Waals surface area contributed by atoms with E-state index < -0.39 is 16.1 Å². The summed E-state index contributed by atoms with van der Waals surface area (Å²) in [5, 5.41) is 3.30. The number of sulfone groups is 1. The number of aryl methyl sites for hydroxylation is 1. The summed E-state index contributed by atoms with van der Waals surface area (Å²) in [7, 11) is -0.747. The number of aromatic nitrogens is 1. The number of carbonyl (C=O) groups excluding carboxylic acids is 1. The molecule has 7 nitrogen and oxygen atoms in total. The number of fused-ring (bicyclic) bond motifs is 1. The molecule has 0 aliphatic carbocycles. The Morgan fingerprint density at radius 2 is 1.72 bits per heavy atom. The zero-order valence-electron chi connectivity index (χ0n) is 16.6. The first-order valence-electron chi connectivity index (χ1n) is 9.08. The van der Waals surface area contributed by atoms with Crippen molar-refractivity contribution in [1.82, 2.24) is 9.88 Å². The molecule has 0 bridgehead atoms. The van der Waals surface area contributed by atoms with Gasteiger partial charge in [-0.3, -0.25) is 4.79 Å². The molecule has 0 saturated heterocycles. The van der Waals surface area contributed by atoms with Gasteiger partial charge in [0.2, 0.25) is 15.7 Å². The van der Waals surface area contributed by atoms with Crippen LogP contribution in [0, 0.1) is 6.92 Å². The van der Waals surface area contributed by atoms with Crippen molar-refractivity contribution in [3.05, 3.63) is 60.3 Å². The fourth-order valence-corrected chi connectivity index (χ4v) is 4.55. The number of benzene rings is 2. The van der Waals surface area contributed by atoms with Crippen LogP contribution in [0.15, 0.2) is 64.5 Å². The number of para-hydroxylation sites is 1. The molecule has 0 radical (unpaired) electrons. The lowest BCUT2D eigenvalue weighted by Gasteiger charge is -2.14. The Morgan fingerprint density at radius 1 is 1.07 bits per heavy atom. The van der Waals surface area contributed by atoms with Crippen LogP contribution >= 0.6 is 0 Å². The number of hydrogen-bond acceptors (Lipinski definition) is 5. The van der Waals surface area contributed by atoms with Crippen molar-refractivity contribution in [2.75, 3.05) is 20.8 Å². The van der Waals surface area contributed by atoms with Gasteiger partial charge in [-0.15, -0.1) is 0 Å². The van der Waals surface area contributed by atoms with E-state index >= 15 is 0 Å². The minimum atomic E-state index is -3.72. The van der Waals surface area contributed by atoms with Crippen molar-refractivity contribution < 1.29 is 22.7 Å². The zero-order valence-corrected chi connectivity index (χ0v) is 17.4. The second-order valence-corrected chi connectivity index (χ2v) is 8.58. The van der Waals surface area contributed by atoms with Gasteiger partial charge in [-0.2, -0.15) is 0 Å². The van der Waals surface area contributed by atoms with Crippen molar-refractivity contribution in [1.29, 1.82) is 0 Å². The van der Waals surface area contributed by atoms with Crippen LogP contribution in [0.25, 0.3) is 10.9 Å². The van der Waals surface area contributed by atoms with Crippen LogP contribution in [0.3, 0.4) is 0 Å². The van der Waals surface area contributed by atoms with Crippen molar-refractivity contribution in [3.8, 4) is 0 Å². The van der Waals surface area contributed by atoms with E-state index in [0.717, 1.165) is 5.56 Å². The number of carbonyl (C=O) groups is 1. The van der Waals surface area contributed by atoms with Crippen LogP contribution < -0.4 is 5.32 Å². The Bertz CT molecular complexity index is 1100. The molecule has 0 atom stereocenters. The molecular weight excluding hydrogens is 392 g/mol. The number of methoxy groups -OCH3 is 2. The van der Waals surface area contributed by atoms with Gasteiger partial charge in [-0.1, -0.05) is 35.9 Å². The van der Waals surface area contributed by atoms with E-state index in [-0.39, 0.29) is 28.8 Å². The molecule has 0 aliphatic rings. The highest BCUT2D eigenvalue weighted by Crippen LogP contribution is 2.30. The van der Waals surface area contributed by atoms with Gasteiger partial charge in [0.15, 0.2) is 6.29 Å². The molecule has 3 aromatic rings. The van der Waals surface area contributed by atoms with Crippen LogP contribution in [0.2, 0.25) is 0 Å². The smallest absolute Gasteiger partial charge is 0.240 e. The first kappa shape index (κ1) is 21.0. The normalized spacial score (nSPS) is 11.9. The Balaban J connectivity index is 1.93. The third-order valence-electron chi connectivity index (χ3n) is 4.68. The molecule has 3 rings (SSSR count). The summed E-state index contributed by atoms with van der Waals surface area (Å²) in [6.45, 7) is 2.07. The third-order valence-corrected chi connectivity index (χ3v) is 6.48. The molecule has 1 N–H and O–H groups in total. The molecule has 1 amide bonds. The fourth-order valence-electron chi connectivity index (χ4n) is 3.07. The summed E-state index contributed by atoms with van der Waals surface area (Å²) in [5.74, 6) is -0.274. The highest BCUT2D eigenvalue weighted by Gasteiger charge is 2.23. The molecule has 0 aliphatic heterocycles. The quantitative estimate of drug-likeness (QED) is 0.570. The largest absolute Gasteiger partial charge is 0.354 e. The van der Waals surface area contributed by atoms with Crippen molar-refractivity contribution in [3.63, 3.8) is 0 Å². The number of rotatable bonds is 8. The maximum atomic E-state index is 13.2. The van der Waals surface area contributed by atoms with Gasteiger partial charge in [0.25, 0.3) is 0 Å². The Hall–Kier alpha value is -2.68. The maximum absolute atomic E-state index is 13.2. The van der Waals surface area contributed by atoms with Crippen molar-refractivity contribution >= 4 is 26.6 Å². The molecule has 0 spiro atoms. The minimum absolute atomic E-state index is 0.0237. The predicted molar refractivity (Wildman–Crippen MR) is 109 cm³/mol. The first-order valence-corrected chi connectivity index (χ1v) is 10.6. The van der Waals surface area contributed by atoms with E-state index in [1.54, 1.807) is 47.0 Å². The lowest BCUT2D eigenvalue weighted by molar-refractivity contribution is -0.127. The van der Waals surface area contributed by atoms with Crippen LogP contribution in [-0.2, 0) is 30.7 Å². The lowest BCUT2D eigenvalue weighted by Crippen LogP contribution is -2.35. The van der Waals surface area contributed by atoms with Crippen molar-refractivity contribution in [2.24, 2.45) is 0 Å². The fraction of sp³-hybridized carbons (Fsp3) is 0.286. The van der Waals surface area contributed by atoms with E-state index in [4.69, 9.17) is 9.47 Å². The number of hydrogen-bond donors (Lipinski definition) is 1. The topological polar surface area (TPSA) is 86.6 Å². The monoisotopic (exact) mass is 416 g/mol. The summed E-state index contributed by atoms with van der Waals surface area (Å²) in [5.41, 5.74) is 1.65. The second-order valence-electron chi connectivity index (χ2n) is 6.66. The van der Waals surface area contributed by atoms with Gasteiger partial charge >= 0.3 is 0 Å². The van der Waals surface area contributed by atoms with Gasteiger partial charge in [0.05, 0.1) is 16.3 Å². The highest BCUT2D eigenvalue weighted by atomic mass is 32.2. The number of ether oxygens (including phenoxy) is 2. The summed E-state index contributed by atoms with van der Waals surface area (Å²) < 4.78 is 38.2. The van der Waals surface area contributed by atoms with Crippen LogP contribution in [0.5, 0.6) is 0 Å². The third kappa shape index (κ3) is 4.50. The van der Waals surface area contributed by atoms with Gasteiger partial charge in [-0.25, -0.2) is 8.42 Å². The van der Waals surface area contributed by atoms with Gasteiger partial charge in [-0.05, 0) is 25.1 Å². The zero-order chi connectivity index (χ0) is 21.0. The summed E-state index contributed by atoms with van der Waals surface area (Å²) in [6.07, 6.45) is 0.974. The van der Waals surface area contributed by atoms with Gasteiger partial charge in [0, 0.05) is 31.3 Å². The average Bonchev–Trinajstić information content (AvgIpc) is 3.08. The van der Waals surface area contributed by atoms with Crippen LogP contribution in [0.4, 0.5) is 0 Å². The molecular formula is C21H24N2O5S. The van der Waals surface area contributed by atoms with Crippen LogP contribution in [-0.4, -0.2) is 45.9 Å². The standard InChI is InChI=1S/C21H24N2O5S/c1-15-8-10-16(11-9-15)29(25,26)19-13-23(18-7-5-4-6-17(18)19)14-20(24)22-12-21(27-2)28-3/h4-11,13,21H,12,14H2,1-3H3,(H,22,24). The lowest BCUT2D eigenvalue weighted by atomic mass is 10.2. The van der Waals surface area contributed by atoms with E-state index in [2.05, 4.69) is 5.32 Å². The van der Waals surface area contributed by atoms with E-state index in [1.165, 1.54) is 20.4 Å².